The van der Waals surface area contributed by atoms with Crippen LogP contribution in [-0.4, -0.2) is 13.2 Å². The number of hydrogen-bond acceptors (Lipinski definition) is 3. The molecule has 0 aliphatic rings. The Hall–Kier alpha value is -2.00. The lowest BCUT2D eigenvalue weighted by Crippen LogP contribution is -2.16. The minimum absolute atomic E-state index is 0.0524. The van der Waals surface area contributed by atoms with E-state index < -0.39 is 0 Å². The summed E-state index contributed by atoms with van der Waals surface area (Å²) < 4.78 is 11.8. The number of benzene rings is 2. The van der Waals surface area contributed by atoms with Crippen molar-refractivity contribution in [3.8, 4) is 11.5 Å². The molecule has 0 heterocycles. The lowest BCUT2D eigenvalue weighted by molar-refractivity contribution is 0.214. The second-order valence-electron chi connectivity index (χ2n) is 6.98. The van der Waals surface area contributed by atoms with Crippen LogP contribution in [0.25, 0.3) is 0 Å². The van der Waals surface area contributed by atoms with Crippen LogP contribution >= 0.6 is 0 Å². The van der Waals surface area contributed by atoms with Gasteiger partial charge in [0.05, 0.1) is 0 Å². The zero-order valence-electron chi connectivity index (χ0n) is 15.3. The Kier molecular flexibility index (Phi) is 6.27. The summed E-state index contributed by atoms with van der Waals surface area (Å²) in [6, 6.07) is 14.3. The monoisotopic (exact) mass is 327 g/mol. The van der Waals surface area contributed by atoms with E-state index in [-0.39, 0.29) is 5.41 Å². The highest BCUT2D eigenvalue weighted by atomic mass is 16.5. The van der Waals surface area contributed by atoms with Gasteiger partial charge in [-0.2, -0.15) is 0 Å². The van der Waals surface area contributed by atoms with Gasteiger partial charge >= 0.3 is 0 Å². The quantitative estimate of drug-likeness (QED) is 0.763. The molecule has 0 aromatic heterocycles. The molecule has 2 N–H and O–H groups in total. The van der Waals surface area contributed by atoms with Crippen molar-refractivity contribution >= 4 is 0 Å². The van der Waals surface area contributed by atoms with E-state index in [4.69, 9.17) is 15.2 Å². The summed E-state index contributed by atoms with van der Waals surface area (Å²) in [4.78, 5) is 0. The van der Waals surface area contributed by atoms with Crippen LogP contribution in [0.1, 0.15) is 44.4 Å². The van der Waals surface area contributed by atoms with Gasteiger partial charge in [-0.3, -0.25) is 0 Å². The molecule has 2 aromatic rings. The molecule has 0 amide bonds. The first-order valence-electron chi connectivity index (χ1n) is 8.62. The van der Waals surface area contributed by atoms with Gasteiger partial charge in [0.1, 0.15) is 24.7 Å². The predicted molar refractivity (Wildman–Crippen MR) is 99.8 cm³/mol. The van der Waals surface area contributed by atoms with Gasteiger partial charge in [0.25, 0.3) is 0 Å². The van der Waals surface area contributed by atoms with E-state index in [2.05, 4.69) is 45.9 Å². The first-order valence-corrected chi connectivity index (χ1v) is 8.62. The van der Waals surface area contributed by atoms with Gasteiger partial charge in [-0.25, -0.2) is 0 Å². The van der Waals surface area contributed by atoms with Crippen molar-refractivity contribution in [3.63, 3.8) is 0 Å². The highest BCUT2D eigenvalue weighted by Crippen LogP contribution is 2.32. The fraction of sp³-hybridized carbons (Fsp3) is 0.429. The van der Waals surface area contributed by atoms with E-state index in [1.807, 2.05) is 24.3 Å². The molecule has 0 fully saturated rings. The molecule has 0 bridgehead atoms. The summed E-state index contributed by atoms with van der Waals surface area (Å²) in [7, 11) is 0. The second kappa shape index (κ2) is 8.20. The maximum atomic E-state index is 5.99. The smallest absolute Gasteiger partial charge is 0.123 e. The van der Waals surface area contributed by atoms with E-state index in [9.17, 15) is 0 Å². The summed E-state index contributed by atoms with van der Waals surface area (Å²) in [6.07, 6.45) is 1.03. The third kappa shape index (κ3) is 5.00. The molecule has 0 unspecified atom stereocenters. The summed E-state index contributed by atoms with van der Waals surface area (Å²) in [5.41, 5.74) is 9.35. The Bertz CT molecular complexity index is 659. The van der Waals surface area contributed by atoms with Crippen molar-refractivity contribution in [2.24, 2.45) is 5.73 Å². The van der Waals surface area contributed by atoms with Crippen LogP contribution in [0.2, 0.25) is 0 Å². The first-order chi connectivity index (χ1) is 11.4. The van der Waals surface area contributed by atoms with Gasteiger partial charge in [-0.05, 0) is 46.7 Å². The zero-order valence-corrected chi connectivity index (χ0v) is 15.3. The molecule has 0 aliphatic carbocycles. The fourth-order valence-electron chi connectivity index (χ4n) is 2.58. The summed E-state index contributed by atoms with van der Waals surface area (Å²) in [5, 5.41) is 0. The molecule has 0 saturated heterocycles. The van der Waals surface area contributed by atoms with Crippen LogP contribution < -0.4 is 15.2 Å². The molecule has 0 radical (unpaired) electrons. The van der Waals surface area contributed by atoms with Gasteiger partial charge in [0.15, 0.2) is 0 Å². The highest BCUT2D eigenvalue weighted by Gasteiger charge is 2.19. The maximum absolute atomic E-state index is 5.99. The first kappa shape index (κ1) is 18.3. The molecule has 2 aromatic carbocycles. The minimum Gasteiger partial charge on any atom is -0.490 e. The molecular formula is C21H29NO2. The van der Waals surface area contributed by atoms with Crippen molar-refractivity contribution < 1.29 is 9.47 Å². The Balaban J connectivity index is 1.96. The van der Waals surface area contributed by atoms with Gasteiger partial charge in [-0.15, -0.1) is 0 Å². The van der Waals surface area contributed by atoms with Crippen molar-refractivity contribution in [2.45, 2.75) is 46.1 Å². The molecule has 2 rings (SSSR count). The molecule has 3 heteroatoms. The van der Waals surface area contributed by atoms with E-state index >= 15 is 0 Å². The zero-order chi connectivity index (χ0) is 17.6. The number of nitrogens with two attached hydrogens (primary N) is 1. The summed E-state index contributed by atoms with van der Waals surface area (Å²) in [5.74, 6) is 1.78. The average Bonchev–Trinajstić information content (AvgIpc) is 2.58. The van der Waals surface area contributed by atoms with Gasteiger partial charge < -0.3 is 15.2 Å². The Morgan fingerprint density at radius 2 is 1.67 bits per heavy atom. The van der Waals surface area contributed by atoms with Gasteiger partial charge in [0, 0.05) is 6.54 Å². The van der Waals surface area contributed by atoms with Crippen LogP contribution in [-0.2, 0) is 18.4 Å². The van der Waals surface area contributed by atoms with E-state index in [1.54, 1.807) is 0 Å². The molecule has 0 aliphatic heterocycles. The second-order valence-corrected chi connectivity index (χ2v) is 6.98. The number of aryl methyl sites for hydroxylation is 1. The third-order valence-electron chi connectivity index (χ3n) is 4.00. The van der Waals surface area contributed by atoms with Crippen LogP contribution in [0.15, 0.2) is 42.5 Å². The van der Waals surface area contributed by atoms with Crippen molar-refractivity contribution in [2.75, 3.05) is 13.2 Å². The van der Waals surface area contributed by atoms with Gasteiger partial charge in [-0.1, -0.05) is 52.0 Å². The SMILES string of the molecule is CCc1ccc(OCCOc2cccc(CN)c2)c(C(C)(C)C)c1. The van der Waals surface area contributed by atoms with E-state index in [0.29, 0.717) is 19.8 Å². The number of ether oxygens (including phenoxy) is 2. The molecule has 24 heavy (non-hydrogen) atoms. The summed E-state index contributed by atoms with van der Waals surface area (Å²) in [6.45, 7) is 10.4. The van der Waals surface area contributed by atoms with Crippen LogP contribution in [0, 0.1) is 0 Å². The minimum atomic E-state index is 0.0524. The Labute approximate surface area is 145 Å². The van der Waals surface area contributed by atoms with Crippen LogP contribution in [0.3, 0.4) is 0 Å². The van der Waals surface area contributed by atoms with Crippen molar-refractivity contribution in [3.05, 3.63) is 59.2 Å². The van der Waals surface area contributed by atoms with E-state index in [0.717, 1.165) is 23.5 Å². The van der Waals surface area contributed by atoms with E-state index in [1.165, 1.54) is 11.1 Å². The fourth-order valence-corrected chi connectivity index (χ4v) is 2.58. The number of rotatable bonds is 7. The molecule has 130 valence electrons. The van der Waals surface area contributed by atoms with Gasteiger partial charge in [0.2, 0.25) is 0 Å². The standard InChI is InChI=1S/C21H29NO2/c1-5-16-9-10-20(19(14-16)21(2,3)4)24-12-11-23-18-8-6-7-17(13-18)15-22/h6-10,13-14H,5,11-12,15,22H2,1-4H3. The predicted octanol–water partition coefficient (Wildman–Crippen LogP) is 4.46. The maximum Gasteiger partial charge on any atom is 0.123 e. The molecule has 3 nitrogen and oxygen atoms in total. The highest BCUT2D eigenvalue weighted by molar-refractivity contribution is 5.41. The molecular weight excluding hydrogens is 298 g/mol. The summed E-state index contributed by atoms with van der Waals surface area (Å²) >= 11 is 0. The topological polar surface area (TPSA) is 44.5 Å². The molecule has 0 spiro atoms. The van der Waals surface area contributed by atoms with Crippen LogP contribution in [0.5, 0.6) is 11.5 Å². The van der Waals surface area contributed by atoms with Crippen molar-refractivity contribution in [1.29, 1.82) is 0 Å². The molecule has 0 atom stereocenters. The Morgan fingerprint density at radius 3 is 2.33 bits per heavy atom. The third-order valence-corrected chi connectivity index (χ3v) is 4.00. The normalized spacial score (nSPS) is 11.4. The average molecular weight is 327 g/mol. The van der Waals surface area contributed by atoms with Crippen LogP contribution in [0.4, 0.5) is 0 Å². The molecule has 0 saturated carbocycles. The largest absolute Gasteiger partial charge is 0.490 e. The number of hydrogen-bond donors (Lipinski definition) is 1. The Morgan fingerprint density at radius 1 is 0.917 bits per heavy atom. The van der Waals surface area contributed by atoms with Crippen molar-refractivity contribution in [1.82, 2.24) is 0 Å². The lowest BCUT2D eigenvalue weighted by atomic mass is 9.85. The lowest BCUT2D eigenvalue weighted by Gasteiger charge is -2.23.